The van der Waals surface area contributed by atoms with Gasteiger partial charge in [-0.2, -0.15) is 0 Å². The third-order valence-corrected chi connectivity index (χ3v) is 4.27. The largest absolute Gasteiger partial charge is 0.379 e. The van der Waals surface area contributed by atoms with Gasteiger partial charge in [0, 0.05) is 32.7 Å². The van der Waals surface area contributed by atoms with Gasteiger partial charge < -0.3 is 15.4 Å². The molecule has 2 rings (SSSR count). The van der Waals surface area contributed by atoms with Crippen molar-refractivity contribution in [1.29, 1.82) is 0 Å². The van der Waals surface area contributed by atoms with Gasteiger partial charge >= 0.3 is 0 Å². The minimum absolute atomic E-state index is 0.153. The van der Waals surface area contributed by atoms with Crippen molar-refractivity contribution in [2.45, 2.75) is 26.2 Å². The van der Waals surface area contributed by atoms with Crippen LogP contribution in [0.25, 0.3) is 0 Å². The lowest BCUT2D eigenvalue weighted by molar-refractivity contribution is -0.130. The Labute approximate surface area is 116 Å². The van der Waals surface area contributed by atoms with Crippen LogP contribution < -0.4 is 10.6 Å². The minimum atomic E-state index is -0.153. The highest BCUT2D eigenvalue weighted by molar-refractivity contribution is 5.83. The van der Waals surface area contributed by atoms with Crippen molar-refractivity contribution in [2.75, 3.05) is 52.5 Å². The number of carbonyl (C=O) groups is 1. The minimum Gasteiger partial charge on any atom is -0.379 e. The van der Waals surface area contributed by atoms with E-state index in [-0.39, 0.29) is 11.3 Å². The Morgan fingerprint density at radius 1 is 1.42 bits per heavy atom. The molecule has 0 aliphatic carbocycles. The van der Waals surface area contributed by atoms with E-state index >= 15 is 0 Å². The molecule has 110 valence electrons. The van der Waals surface area contributed by atoms with Crippen LogP contribution in [0.3, 0.4) is 0 Å². The molecule has 0 bridgehead atoms. The van der Waals surface area contributed by atoms with Gasteiger partial charge in [0.25, 0.3) is 0 Å². The average Bonchev–Trinajstić information content (AvgIpc) is 2.90. The van der Waals surface area contributed by atoms with E-state index < -0.39 is 0 Å². The molecule has 0 radical (unpaired) electrons. The molecule has 19 heavy (non-hydrogen) atoms. The number of nitrogens with zero attached hydrogens (tertiary/aromatic N) is 1. The van der Waals surface area contributed by atoms with Crippen LogP contribution in [-0.2, 0) is 9.53 Å². The Hall–Kier alpha value is -0.650. The lowest BCUT2D eigenvalue weighted by atomic mass is 9.81. The van der Waals surface area contributed by atoms with Crippen LogP contribution in [0.2, 0.25) is 0 Å². The highest BCUT2D eigenvalue weighted by Gasteiger charge is 2.39. The highest BCUT2D eigenvalue weighted by atomic mass is 16.5. The van der Waals surface area contributed by atoms with Crippen molar-refractivity contribution < 1.29 is 9.53 Å². The number of rotatable bonds is 6. The molecule has 0 aromatic heterocycles. The average molecular weight is 269 g/mol. The molecule has 2 N–H and O–H groups in total. The maximum Gasteiger partial charge on any atom is 0.227 e. The second-order valence-corrected chi connectivity index (χ2v) is 5.67. The Kier molecular flexibility index (Phi) is 5.60. The first-order valence-electron chi connectivity index (χ1n) is 7.56. The first kappa shape index (κ1) is 14.8. The fourth-order valence-electron chi connectivity index (χ4n) is 3.08. The predicted octanol–water partition coefficient (Wildman–Crippen LogP) is 0.215. The van der Waals surface area contributed by atoms with E-state index in [1.807, 2.05) is 0 Å². The van der Waals surface area contributed by atoms with Crippen LogP contribution in [0.1, 0.15) is 26.2 Å². The molecular formula is C14H27N3O2. The summed E-state index contributed by atoms with van der Waals surface area (Å²) in [6.45, 7) is 9.25. The summed E-state index contributed by atoms with van der Waals surface area (Å²) >= 11 is 0. The molecule has 0 aromatic rings. The van der Waals surface area contributed by atoms with Gasteiger partial charge in [0.15, 0.2) is 0 Å². The van der Waals surface area contributed by atoms with Crippen molar-refractivity contribution >= 4 is 5.91 Å². The van der Waals surface area contributed by atoms with Crippen molar-refractivity contribution in [3.05, 3.63) is 0 Å². The summed E-state index contributed by atoms with van der Waals surface area (Å²) in [5.41, 5.74) is -0.153. The zero-order valence-corrected chi connectivity index (χ0v) is 12.0. The number of ether oxygens (including phenoxy) is 1. The van der Waals surface area contributed by atoms with E-state index in [4.69, 9.17) is 4.74 Å². The van der Waals surface area contributed by atoms with E-state index in [0.717, 1.165) is 71.7 Å². The van der Waals surface area contributed by atoms with Crippen molar-refractivity contribution in [1.82, 2.24) is 15.5 Å². The number of amides is 1. The lowest BCUT2D eigenvalue weighted by Gasteiger charge is -2.29. The Balaban J connectivity index is 1.73. The summed E-state index contributed by atoms with van der Waals surface area (Å²) in [6.07, 6.45) is 3.03. The first-order valence-corrected chi connectivity index (χ1v) is 7.56. The molecule has 2 aliphatic rings. The highest BCUT2D eigenvalue weighted by Crippen LogP contribution is 2.31. The van der Waals surface area contributed by atoms with Gasteiger partial charge in [-0.15, -0.1) is 0 Å². The monoisotopic (exact) mass is 269 g/mol. The van der Waals surface area contributed by atoms with Crippen LogP contribution in [0, 0.1) is 5.41 Å². The molecule has 0 saturated carbocycles. The van der Waals surface area contributed by atoms with Gasteiger partial charge in [0.2, 0.25) is 5.91 Å². The molecule has 5 heteroatoms. The SMILES string of the molecule is CCCC1(C(=O)NCCN2CCOCC2)CCNC1. The van der Waals surface area contributed by atoms with Crippen LogP contribution in [0.5, 0.6) is 0 Å². The third kappa shape index (κ3) is 3.91. The quantitative estimate of drug-likeness (QED) is 0.724. The summed E-state index contributed by atoms with van der Waals surface area (Å²) in [4.78, 5) is 14.8. The second-order valence-electron chi connectivity index (χ2n) is 5.67. The molecule has 2 saturated heterocycles. The normalized spacial score (nSPS) is 28.5. The summed E-state index contributed by atoms with van der Waals surface area (Å²) in [6, 6.07) is 0. The van der Waals surface area contributed by atoms with Gasteiger partial charge in [0.05, 0.1) is 18.6 Å². The van der Waals surface area contributed by atoms with Crippen molar-refractivity contribution in [3.8, 4) is 0 Å². The topological polar surface area (TPSA) is 53.6 Å². The van der Waals surface area contributed by atoms with Gasteiger partial charge in [0.1, 0.15) is 0 Å². The number of hydrogen-bond acceptors (Lipinski definition) is 4. The Morgan fingerprint density at radius 2 is 2.21 bits per heavy atom. The fraction of sp³-hybridized carbons (Fsp3) is 0.929. The summed E-state index contributed by atoms with van der Waals surface area (Å²) in [5.74, 6) is 0.243. The summed E-state index contributed by atoms with van der Waals surface area (Å²) < 4.78 is 5.32. The zero-order valence-electron chi connectivity index (χ0n) is 12.0. The number of hydrogen-bond donors (Lipinski definition) is 2. The molecule has 1 unspecified atom stereocenters. The molecular weight excluding hydrogens is 242 g/mol. The summed E-state index contributed by atoms with van der Waals surface area (Å²) in [7, 11) is 0. The van der Waals surface area contributed by atoms with E-state index in [2.05, 4.69) is 22.5 Å². The molecule has 1 atom stereocenters. The van der Waals surface area contributed by atoms with E-state index in [0.29, 0.717) is 0 Å². The van der Waals surface area contributed by atoms with Crippen molar-refractivity contribution in [2.24, 2.45) is 5.41 Å². The van der Waals surface area contributed by atoms with E-state index in [9.17, 15) is 4.79 Å². The van der Waals surface area contributed by atoms with E-state index in [1.165, 1.54) is 0 Å². The fourth-order valence-corrected chi connectivity index (χ4v) is 3.08. The van der Waals surface area contributed by atoms with E-state index in [1.54, 1.807) is 0 Å². The van der Waals surface area contributed by atoms with Gasteiger partial charge in [-0.05, 0) is 19.4 Å². The molecule has 2 fully saturated rings. The zero-order chi connectivity index (χ0) is 13.6. The number of carbonyl (C=O) groups excluding carboxylic acids is 1. The first-order chi connectivity index (χ1) is 9.27. The molecule has 2 heterocycles. The number of nitrogens with one attached hydrogen (secondary N) is 2. The van der Waals surface area contributed by atoms with Crippen LogP contribution >= 0.6 is 0 Å². The molecule has 5 nitrogen and oxygen atoms in total. The molecule has 0 aromatic carbocycles. The van der Waals surface area contributed by atoms with Gasteiger partial charge in [-0.3, -0.25) is 9.69 Å². The Bertz CT molecular complexity index is 284. The maximum atomic E-state index is 12.4. The lowest BCUT2D eigenvalue weighted by Crippen LogP contribution is -2.46. The standard InChI is InChI=1S/C14H27N3O2/c1-2-3-14(4-5-15-12-14)13(18)16-6-7-17-8-10-19-11-9-17/h15H,2-12H2,1H3,(H,16,18). The smallest absolute Gasteiger partial charge is 0.227 e. The second kappa shape index (κ2) is 7.22. The van der Waals surface area contributed by atoms with Gasteiger partial charge in [-0.1, -0.05) is 13.3 Å². The Morgan fingerprint density at radius 3 is 2.84 bits per heavy atom. The molecule has 1 amide bonds. The number of morpholine rings is 1. The maximum absolute atomic E-state index is 12.4. The third-order valence-electron chi connectivity index (χ3n) is 4.27. The van der Waals surface area contributed by atoms with Crippen LogP contribution in [0.4, 0.5) is 0 Å². The van der Waals surface area contributed by atoms with Crippen molar-refractivity contribution in [3.63, 3.8) is 0 Å². The van der Waals surface area contributed by atoms with Crippen LogP contribution in [0.15, 0.2) is 0 Å². The summed E-state index contributed by atoms with van der Waals surface area (Å²) in [5, 5.41) is 6.47. The molecule has 0 spiro atoms. The predicted molar refractivity (Wildman–Crippen MR) is 75.1 cm³/mol. The molecule has 2 aliphatic heterocycles. The van der Waals surface area contributed by atoms with Crippen LogP contribution in [-0.4, -0.2) is 63.3 Å². The van der Waals surface area contributed by atoms with Gasteiger partial charge in [-0.25, -0.2) is 0 Å².